The minimum Gasteiger partial charge on any atom is -0.322 e. The van der Waals surface area contributed by atoms with Crippen molar-refractivity contribution in [2.75, 3.05) is 16.2 Å². The van der Waals surface area contributed by atoms with E-state index in [0.717, 1.165) is 22.0 Å². The summed E-state index contributed by atoms with van der Waals surface area (Å²) >= 11 is 6.18. The Morgan fingerprint density at radius 1 is 1.03 bits per heavy atom. The second-order valence-corrected chi connectivity index (χ2v) is 8.72. The van der Waals surface area contributed by atoms with Gasteiger partial charge in [-0.3, -0.25) is 9.10 Å². The summed E-state index contributed by atoms with van der Waals surface area (Å²) in [6.07, 6.45) is 0. The normalized spacial score (nSPS) is 11.2. The Bertz CT molecular complexity index is 1190. The molecule has 0 saturated carbocycles. The number of anilines is 2. The van der Waals surface area contributed by atoms with Gasteiger partial charge in [-0.2, -0.15) is 0 Å². The van der Waals surface area contributed by atoms with Crippen molar-refractivity contribution in [1.82, 2.24) is 0 Å². The Morgan fingerprint density at radius 2 is 1.70 bits per heavy atom. The minimum atomic E-state index is -4.16. The largest absolute Gasteiger partial charge is 0.322 e. The molecule has 1 N–H and O–H groups in total. The number of amides is 1. The maximum atomic E-state index is 13.9. The van der Waals surface area contributed by atoms with Crippen LogP contribution in [0, 0.1) is 18.6 Å². The third-order valence-corrected chi connectivity index (χ3v) is 6.32. The van der Waals surface area contributed by atoms with E-state index in [1.54, 1.807) is 24.3 Å². The first-order chi connectivity index (χ1) is 14.2. The van der Waals surface area contributed by atoms with E-state index in [2.05, 4.69) is 5.32 Å². The van der Waals surface area contributed by atoms with Crippen LogP contribution in [-0.2, 0) is 14.8 Å². The molecule has 0 fully saturated rings. The van der Waals surface area contributed by atoms with E-state index in [1.165, 1.54) is 24.3 Å². The Balaban J connectivity index is 1.97. The molecule has 0 aliphatic rings. The number of nitrogens with zero attached hydrogens (tertiary/aromatic N) is 1. The summed E-state index contributed by atoms with van der Waals surface area (Å²) in [5.41, 5.74) is 0.686. The zero-order valence-electron chi connectivity index (χ0n) is 15.8. The zero-order chi connectivity index (χ0) is 21.9. The lowest BCUT2D eigenvalue weighted by Crippen LogP contribution is -2.38. The van der Waals surface area contributed by atoms with Gasteiger partial charge in [-0.1, -0.05) is 41.4 Å². The third-order valence-electron chi connectivity index (χ3n) is 4.22. The number of carbonyl (C=O) groups excluding carboxylic acids is 1. The number of carbonyl (C=O) groups is 1. The summed E-state index contributed by atoms with van der Waals surface area (Å²) in [6.45, 7) is 1.14. The van der Waals surface area contributed by atoms with Gasteiger partial charge in [0.15, 0.2) is 0 Å². The maximum absolute atomic E-state index is 13.9. The average Bonchev–Trinajstić information content (AvgIpc) is 2.69. The highest BCUT2D eigenvalue weighted by Crippen LogP contribution is 2.30. The highest BCUT2D eigenvalue weighted by Gasteiger charge is 2.28. The SMILES string of the molecule is Cc1ccc(S(=O)(=O)N(CC(=O)Nc2ccc(F)cc2F)c2ccccc2Cl)cc1. The van der Waals surface area contributed by atoms with Gasteiger partial charge in [-0.05, 0) is 43.3 Å². The van der Waals surface area contributed by atoms with E-state index >= 15 is 0 Å². The van der Waals surface area contributed by atoms with Crippen LogP contribution in [0.15, 0.2) is 71.6 Å². The van der Waals surface area contributed by atoms with Crippen LogP contribution >= 0.6 is 11.6 Å². The van der Waals surface area contributed by atoms with Crippen LogP contribution in [0.2, 0.25) is 5.02 Å². The number of para-hydroxylation sites is 1. The van der Waals surface area contributed by atoms with Crippen LogP contribution in [0.4, 0.5) is 20.2 Å². The van der Waals surface area contributed by atoms with Gasteiger partial charge in [0.25, 0.3) is 10.0 Å². The van der Waals surface area contributed by atoms with Gasteiger partial charge in [0.2, 0.25) is 5.91 Å². The van der Waals surface area contributed by atoms with Crippen molar-refractivity contribution in [3.8, 4) is 0 Å². The fourth-order valence-corrected chi connectivity index (χ4v) is 4.43. The summed E-state index contributed by atoms with van der Waals surface area (Å²) < 4.78 is 54.3. The molecular formula is C21H17ClF2N2O3S. The molecule has 9 heteroatoms. The summed E-state index contributed by atoms with van der Waals surface area (Å²) in [4.78, 5) is 12.5. The molecule has 0 aliphatic heterocycles. The summed E-state index contributed by atoms with van der Waals surface area (Å²) in [5, 5.41) is 2.38. The molecule has 156 valence electrons. The van der Waals surface area contributed by atoms with Crippen LogP contribution in [0.5, 0.6) is 0 Å². The molecule has 0 spiro atoms. The Labute approximate surface area is 178 Å². The molecule has 0 radical (unpaired) electrons. The van der Waals surface area contributed by atoms with Gasteiger partial charge in [0.1, 0.15) is 18.2 Å². The molecule has 1 amide bonds. The van der Waals surface area contributed by atoms with Gasteiger partial charge >= 0.3 is 0 Å². The fourth-order valence-electron chi connectivity index (χ4n) is 2.70. The fraction of sp³-hybridized carbons (Fsp3) is 0.0952. The highest BCUT2D eigenvalue weighted by molar-refractivity contribution is 7.92. The molecule has 3 aromatic rings. The van der Waals surface area contributed by atoms with E-state index in [4.69, 9.17) is 11.6 Å². The molecule has 0 atom stereocenters. The van der Waals surface area contributed by atoms with Crippen molar-refractivity contribution in [1.29, 1.82) is 0 Å². The molecule has 3 aromatic carbocycles. The third kappa shape index (κ3) is 4.77. The average molecular weight is 451 g/mol. The van der Waals surface area contributed by atoms with E-state index in [-0.39, 0.29) is 21.3 Å². The van der Waals surface area contributed by atoms with Crippen molar-refractivity contribution in [2.24, 2.45) is 0 Å². The number of rotatable bonds is 6. The second-order valence-electron chi connectivity index (χ2n) is 6.45. The molecule has 30 heavy (non-hydrogen) atoms. The monoisotopic (exact) mass is 450 g/mol. The maximum Gasteiger partial charge on any atom is 0.264 e. The number of nitrogens with one attached hydrogen (secondary N) is 1. The molecule has 0 unspecified atom stereocenters. The van der Waals surface area contributed by atoms with Crippen molar-refractivity contribution in [3.63, 3.8) is 0 Å². The molecule has 0 bridgehead atoms. The smallest absolute Gasteiger partial charge is 0.264 e. The Hall–Kier alpha value is -2.97. The van der Waals surface area contributed by atoms with E-state index in [0.29, 0.717) is 6.07 Å². The lowest BCUT2D eigenvalue weighted by molar-refractivity contribution is -0.114. The first-order valence-electron chi connectivity index (χ1n) is 8.77. The van der Waals surface area contributed by atoms with Gasteiger partial charge < -0.3 is 5.32 Å². The molecule has 3 rings (SSSR count). The van der Waals surface area contributed by atoms with Crippen molar-refractivity contribution < 1.29 is 22.0 Å². The molecule has 0 heterocycles. The van der Waals surface area contributed by atoms with Crippen LogP contribution in [-0.4, -0.2) is 20.9 Å². The predicted molar refractivity (Wildman–Crippen MR) is 112 cm³/mol. The molecular weight excluding hydrogens is 434 g/mol. The van der Waals surface area contributed by atoms with Crippen molar-refractivity contribution in [3.05, 3.63) is 89.0 Å². The van der Waals surface area contributed by atoms with Gasteiger partial charge in [0, 0.05) is 6.07 Å². The second kappa shape index (κ2) is 8.81. The van der Waals surface area contributed by atoms with Crippen LogP contribution in [0.25, 0.3) is 0 Å². The zero-order valence-corrected chi connectivity index (χ0v) is 17.3. The number of sulfonamides is 1. The summed E-state index contributed by atoms with van der Waals surface area (Å²) in [6, 6.07) is 14.9. The van der Waals surface area contributed by atoms with E-state index < -0.39 is 34.1 Å². The Kier molecular flexibility index (Phi) is 6.38. The van der Waals surface area contributed by atoms with Gasteiger partial charge in [-0.15, -0.1) is 0 Å². The van der Waals surface area contributed by atoms with Crippen molar-refractivity contribution >= 4 is 38.9 Å². The van der Waals surface area contributed by atoms with E-state index in [1.807, 2.05) is 6.92 Å². The quantitative estimate of drug-likeness (QED) is 0.588. The first kappa shape index (κ1) is 21.7. The molecule has 0 aromatic heterocycles. The molecule has 0 aliphatic carbocycles. The summed E-state index contributed by atoms with van der Waals surface area (Å²) in [5.74, 6) is -2.60. The molecule has 0 saturated heterocycles. The number of hydrogen-bond acceptors (Lipinski definition) is 3. The lowest BCUT2D eigenvalue weighted by Gasteiger charge is -2.25. The topological polar surface area (TPSA) is 66.5 Å². The molecule has 5 nitrogen and oxygen atoms in total. The lowest BCUT2D eigenvalue weighted by atomic mass is 10.2. The summed E-state index contributed by atoms with van der Waals surface area (Å²) in [7, 11) is -4.16. The van der Waals surface area contributed by atoms with Crippen LogP contribution in [0.3, 0.4) is 0 Å². The number of hydrogen-bond donors (Lipinski definition) is 1. The van der Waals surface area contributed by atoms with Gasteiger partial charge in [0.05, 0.1) is 21.3 Å². The highest BCUT2D eigenvalue weighted by atomic mass is 35.5. The number of benzene rings is 3. The first-order valence-corrected chi connectivity index (χ1v) is 10.6. The Morgan fingerprint density at radius 3 is 2.33 bits per heavy atom. The van der Waals surface area contributed by atoms with Crippen LogP contribution in [0.1, 0.15) is 5.56 Å². The predicted octanol–water partition coefficient (Wildman–Crippen LogP) is 4.76. The number of aryl methyl sites for hydroxylation is 1. The van der Waals surface area contributed by atoms with Gasteiger partial charge in [-0.25, -0.2) is 17.2 Å². The van der Waals surface area contributed by atoms with Crippen LogP contribution < -0.4 is 9.62 Å². The van der Waals surface area contributed by atoms with Crippen molar-refractivity contribution in [2.45, 2.75) is 11.8 Å². The number of halogens is 3. The standard InChI is InChI=1S/C21H17ClF2N2O3S/c1-14-6-9-16(10-7-14)30(28,29)26(20-5-3-2-4-17(20)22)13-21(27)25-19-11-8-15(23)12-18(19)24/h2-12H,13H2,1H3,(H,25,27). The van der Waals surface area contributed by atoms with E-state index in [9.17, 15) is 22.0 Å². The minimum absolute atomic E-state index is 0.0335.